The lowest BCUT2D eigenvalue weighted by Crippen LogP contribution is -2.43. The lowest BCUT2D eigenvalue weighted by molar-refractivity contribution is 0.178. The molecule has 1 heterocycles. The lowest BCUT2D eigenvalue weighted by atomic mass is 9.98. The molecule has 3 atom stereocenters. The molecule has 1 aliphatic rings. The number of rotatable bonds is 4. The molecule has 3 unspecified atom stereocenters. The maximum Gasteiger partial charge on any atom is 0.129 e. The molecule has 4 heteroatoms. The van der Waals surface area contributed by atoms with Crippen molar-refractivity contribution in [2.24, 2.45) is 5.92 Å². The van der Waals surface area contributed by atoms with Crippen LogP contribution in [0.2, 0.25) is 5.02 Å². The lowest BCUT2D eigenvalue weighted by Gasteiger charge is -2.31. The smallest absolute Gasteiger partial charge is 0.129 e. The number of halogens is 2. The van der Waals surface area contributed by atoms with Crippen LogP contribution in [-0.2, 0) is 6.54 Å². The minimum absolute atomic E-state index is 0.202. The first-order chi connectivity index (χ1) is 10.0. The van der Waals surface area contributed by atoms with E-state index < -0.39 is 0 Å². The zero-order valence-electron chi connectivity index (χ0n) is 13.2. The molecule has 2 nitrogen and oxygen atoms in total. The van der Waals surface area contributed by atoms with E-state index in [1.54, 1.807) is 12.1 Å². The molecule has 0 radical (unpaired) electrons. The molecule has 1 aromatic carbocycles. The first kappa shape index (κ1) is 16.7. The third-order valence-electron chi connectivity index (χ3n) is 4.74. The molecule has 0 amide bonds. The molecular weight excluding hydrogens is 287 g/mol. The Balaban J connectivity index is 2.11. The second kappa shape index (κ2) is 7.57. The molecule has 0 spiro atoms. The predicted octanol–water partition coefficient (Wildman–Crippen LogP) is 4.08. The molecule has 0 saturated carbocycles. The summed E-state index contributed by atoms with van der Waals surface area (Å²) in [5.41, 5.74) is 0.732. The summed E-state index contributed by atoms with van der Waals surface area (Å²) in [6.45, 7) is 9.40. The van der Waals surface area contributed by atoms with E-state index in [1.807, 2.05) is 0 Å². The molecule has 118 valence electrons. The zero-order valence-corrected chi connectivity index (χ0v) is 14.0. The van der Waals surface area contributed by atoms with E-state index in [0.29, 0.717) is 29.6 Å². The van der Waals surface area contributed by atoms with Crippen molar-refractivity contribution in [1.82, 2.24) is 10.2 Å². The predicted molar refractivity (Wildman–Crippen MR) is 87.1 cm³/mol. The van der Waals surface area contributed by atoms with Gasteiger partial charge in [-0.3, -0.25) is 4.90 Å². The van der Waals surface area contributed by atoms with Gasteiger partial charge < -0.3 is 5.32 Å². The standard InChI is InChI=1S/C17H26ClFN2/c1-4-12(2)17-11-21(13(3)7-8-20-17)10-14-5-6-15(18)9-16(14)19/h5-6,9,12-13,17,20H,4,7-8,10-11H2,1-3H3. The summed E-state index contributed by atoms with van der Waals surface area (Å²) in [6.07, 6.45) is 2.26. The maximum atomic E-state index is 14.0. The van der Waals surface area contributed by atoms with E-state index in [9.17, 15) is 4.39 Å². The Morgan fingerprint density at radius 3 is 2.90 bits per heavy atom. The Bertz CT molecular complexity index is 466. The fraction of sp³-hybridized carbons (Fsp3) is 0.647. The molecule has 2 rings (SSSR count). The quantitative estimate of drug-likeness (QED) is 0.901. The summed E-state index contributed by atoms with van der Waals surface area (Å²) in [5.74, 6) is 0.430. The second-order valence-corrected chi connectivity index (χ2v) is 6.69. The summed E-state index contributed by atoms with van der Waals surface area (Å²) < 4.78 is 14.0. The first-order valence-corrected chi connectivity index (χ1v) is 8.30. The summed E-state index contributed by atoms with van der Waals surface area (Å²) in [5, 5.41) is 4.10. The summed E-state index contributed by atoms with van der Waals surface area (Å²) in [4.78, 5) is 2.39. The normalized spacial score (nSPS) is 25.6. The summed E-state index contributed by atoms with van der Waals surface area (Å²) in [7, 11) is 0. The van der Waals surface area contributed by atoms with Crippen LogP contribution in [0.1, 0.15) is 39.2 Å². The van der Waals surface area contributed by atoms with Crippen molar-refractivity contribution in [1.29, 1.82) is 0 Å². The number of nitrogens with zero attached hydrogens (tertiary/aromatic N) is 1. The molecule has 0 aliphatic carbocycles. The van der Waals surface area contributed by atoms with Crippen LogP contribution in [0.25, 0.3) is 0 Å². The van der Waals surface area contributed by atoms with E-state index in [2.05, 4.69) is 31.0 Å². The van der Waals surface area contributed by atoms with E-state index in [0.717, 1.165) is 31.5 Å². The molecule has 1 aliphatic heterocycles. The van der Waals surface area contributed by atoms with E-state index in [4.69, 9.17) is 11.6 Å². The van der Waals surface area contributed by atoms with Crippen LogP contribution >= 0.6 is 11.6 Å². The van der Waals surface area contributed by atoms with Crippen LogP contribution in [0.4, 0.5) is 4.39 Å². The minimum atomic E-state index is -0.202. The van der Waals surface area contributed by atoms with Gasteiger partial charge in [0.1, 0.15) is 5.82 Å². The van der Waals surface area contributed by atoms with Gasteiger partial charge in [-0.05, 0) is 37.9 Å². The van der Waals surface area contributed by atoms with Crippen molar-refractivity contribution in [3.8, 4) is 0 Å². The Morgan fingerprint density at radius 2 is 2.24 bits per heavy atom. The van der Waals surface area contributed by atoms with Crippen LogP contribution in [0.5, 0.6) is 0 Å². The van der Waals surface area contributed by atoms with Crippen LogP contribution in [0, 0.1) is 11.7 Å². The van der Waals surface area contributed by atoms with Crippen molar-refractivity contribution < 1.29 is 4.39 Å². The average molecular weight is 313 g/mol. The molecule has 1 fully saturated rings. The second-order valence-electron chi connectivity index (χ2n) is 6.25. The fourth-order valence-corrected chi connectivity index (χ4v) is 3.07. The molecule has 1 saturated heterocycles. The van der Waals surface area contributed by atoms with Crippen LogP contribution in [0.3, 0.4) is 0 Å². The molecule has 1 aromatic rings. The highest BCUT2D eigenvalue weighted by Crippen LogP contribution is 2.21. The van der Waals surface area contributed by atoms with Gasteiger partial charge in [0.15, 0.2) is 0 Å². The van der Waals surface area contributed by atoms with Gasteiger partial charge in [0.05, 0.1) is 0 Å². The van der Waals surface area contributed by atoms with Gasteiger partial charge in [-0.1, -0.05) is 37.9 Å². The van der Waals surface area contributed by atoms with Gasteiger partial charge in [0.2, 0.25) is 0 Å². The van der Waals surface area contributed by atoms with Gasteiger partial charge in [0, 0.05) is 35.8 Å². The first-order valence-electron chi connectivity index (χ1n) is 7.92. The fourth-order valence-electron chi connectivity index (χ4n) is 2.91. The van der Waals surface area contributed by atoms with Gasteiger partial charge >= 0.3 is 0 Å². The number of hydrogen-bond acceptors (Lipinski definition) is 2. The highest BCUT2D eigenvalue weighted by molar-refractivity contribution is 6.30. The Kier molecular flexibility index (Phi) is 6.03. The zero-order chi connectivity index (χ0) is 15.4. The Hall–Kier alpha value is -0.640. The van der Waals surface area contributed by atoms with Crippen molar-refractivity contribution in [3.63, 3.8) is 0 Å². The molecular formula is C17H26ClFN2. The molecule has 0 aromatic heterocycles. The van der Waals surface area contributed by atoms with E-state index in [-0.39, 0.29) is 5.82 Å². The summed E-state index contributed by atoms with van der Waals surface area (Å²) >= 11 is 5.83. The number of nitrogens with one attached hydrogen (secondary N) is 1. The topological polar surface area (TPSA) is 15.3 Å². The van der Waals surface area contributed by atoms with Crippen LogP contribution in [-0.4, -0.2) is 30.1 Å². The molecule has 21 heavy (non-hydrogen) atoms. The Morgan fingerprint density at radius 1 is 1.48 bits per heavy atom. The van der Waals surface area contributed by atoms with Gasteiger partial charge in [-0.15, -0.1) is 0 Å². The van der Waals surface area contributed by atoms with Gasteiger partial charge in [0.25, 0.3) is 0 Å². The number of hydrogen-bond donors (Lipinski definition) is 1. The van der Waals surface area contributed by atoms with Crippen molar-refractivity contribution in [2.75, 3.05) is 13.1 Å². The third kappa shape index (κ3) is 4.41. The van der Waals surface area contributed by atoms with Crippen molar-refractivity contribution in [2.45, 2.75) is 52.2 Å². The largest absolute Gasteiger partial charge is 0.312 e. The average Bonchev–Trinajstić information content (AvgIpc) is 2.63. The minimum Gasteiger partial charge on any atom is -0.312 e. The van der Waals surface area contributed by atoms with Crippen LogP contribution in [0.15, 0.2) is 18.2 Å². The van der Waals surface area contributed by atoms with E-state index >= 15 is 0 Å². The van der Waals surface area contributed by atoms with Crippen molar-refractivity contribution >= 4 is 11.6 Å². The van der Waals surface area contributed by atoms with Crippen molar-refractivity contribution in [3.05, 3.63) is 34.6 Å². The van der Waals surface area contributed by atoms with Gasteiger partial charge in [-0.25, -0.2) is 4.39 Å². The molecule has 0 bridgehead atoms. The highest BCUT2D eigenvalue weighted by atomic mass is 35.5. The maximum absolute atomic E-state index is 14.0. The van der Waals surface area contributed by atoms with E-state index in [1.165, 1.54) is 6.07 Å². The third-order valence-corrected chi connectivity index (χ3v) is 4.98. The molecule has 1 N–H and O–H groups in total. The van der Waals surface area contributed by atoms with Gasteiger partial charge in [-0.2, -0.15) is 0 Å². The summed E-state index contributed by atoms with van der Waals surface area (Å²) in [6, 6.07) is 5.93. The highest BCUT2D eigenvalue weighted by Gasteiger charge is 2.26. The van der Waals surface area contributed by atoms with Crippen LogP contribution < -0.4 is 5.32 Å². The SMILES string of the molecule is CCC(C)C1CN(Cc2ccc(Cl)cc2F)C(C)CCN1. The monoisotopic (exact) mass is 312 g/mol. The number of benzene rings is 1. The Labute approximate surface area is 132 Å².